The average molecular weight is 287 g/mol. The molecule has 0 aliphatic rings. The van der Waals surface area contributed by atoms with Gasteiger partial charge in [0.25, 0.3) is 0 Å². The van der Waals surface area contributed by atoms with Crippen LogP contribution >= 0.6 is 0 Å². The Hall–Kier alpha value is -1.65. The van der Waals surface area contributed by atoms with Crippen molar-refractivity contribution in [3.05, 3.63) is 41.9 Å². The first-order valence-corrected chi connectivity index (χ1v) is 7.63. The molecule has 1 atom stereocenters. The fourth-order valence-electron chi connectivity index (χ4n) is 2.30. The van der Waals surface area contributed by atoms with E-state index in [1.54, 1.807) is 7.11 Å². The molecule has 0 radical (unpaired) electrons. The van der Waals surface area contributed by atoms with Crippen LogP contribution in [0.15, 0.2) is 30.5 Å². The van der Waals surface area contributed by atoms with E-state index >= 15 is 0 Å². The number of imidazole rings is 1. The topological polar surface area (TPSA) is 63.9 Å². The standard InChI is InChI=1S/C17H25N3O/c1-3-4-5-15(18)17-19-12-16(20-17)14-8-6-13(7-9-14)10-11-21-2/h6-9,12,15H,3-5,10-11,18H2,1-2H3,(H,19,20). The monoisotopic (exact) mass is 287 g/mol. The van der Waals surface area contributed by atoms with Crippen LogP contribution in [0.25, 0.3) is 11.3 Å². The molecule has 0 fully saturated rings. The molecule has 0 aliphatic carbocycles. The van der Waals surface area contributed by atoms with Crippen molar-refractivity contribution in [2.45, 2.75) is 38.6 Å². The Morgan fingerprint density at radius 3 is 2.71 bits per heavy atom. The number of nitrogens with two attached hydrogens (primary N) is 1. The smallest absolute Gasteiger partial charge is 0.123 e. The predicted molar refractivity (Wildman–Crippen MR) is 86.1 cm³/mol. The summed E-state index contributed by atoms with van der Waals surface area (Å²) in [5.41, 5.74) is 9.58. The molecule has 0 spiro atoms. The lowest BCUT2D eigenvalue weighted by Gasteiger charge is -2.07. The van der Waals surface area contributed by atoms with E-state index in [-0.39, 0.29) is 6.04 Å². The molecule has 2 rings (SSSR count). The normalized spacial score (nSPS) is 12.5. The van der Waals surface area contributed by atoms with Gasteiger partial charge < -0.3 is 15.5 Å². The van der Waals surface area contributed by atoms with Crippen molar-refractivity contribution < 1.29 is 4.74 Å². The van der Waals surface area contributed by atoms with Crippen molar-refractivity contribution >= 4 is 0 Å². The highest BCUT2D eigenvalue weighted by molar-refractivity contribution is 5.58. The second-order valence-electron chi connectivity index (χ2n) is 5.37. The first kappa shape index (κ1) is 15.7. The van der Waals surface area contributed by atoms with Gasteiger partial charge in [-0.25, -0.2) is 4.98 Å². The maximum atomic E-state index is 6.14. The number of nitrogens with one attached hydrogen (secondary N) is 1. The van der Waals surface area contributed by atoms with Crippen molar-refractivity contribution in [3.8, 4) is 11.3 Å². The second kappa shape index (κ2) is 7.96. The summed E-state index contributed by atoms with van der Waals surface area (Å²) in [4.78, 5) is 7.76. The van der Waals surface area contributed by atoms with E-state index in [9.17, 15) is 0 Å². The SMILES string of the molecule is CCCCC(N)c1ncc(-c2ccc(CCOC)cc2)[nH]1. The number of hydrogen-bond acceptors (Lipinski definition) is 3. The second-order valence-corrected chi connectivity index (χ2v) is 5.37. The van der Waals surface area contributed by atoms with Crippen LogP contribution in [-0.2, 0) is 11.2 Å². The van der Waals surface area contributed by atoms with Crippen LogP contribution in [0.5, 0.6) is 0 Å². The summed E-state index contributed by atoms with van der Waals surface area (Å²) in [5.74, 6) is 0.877. The number of H-pyrrole nitrogens is 1. The number of benzene rings is 1. The highest BCUT2D eigenvalue weighted by Crippen LogP contribution is 2.21. The van der Waals surface area contributed by atoms with Crippen molar-refractivity contribution in [1.82, 2.24) is 9.97 Å². The van der Waals surface area contributed by atoms with Gasteiger partial charge in [0.2, 0.25) is 0 Å². The highest BCUT2D eigenvalue weighted by atomic mass is 16.5. The van der Waals surface area contributed by atoms with Crippen molar-refractivity contribution in [2.24, 2.45) is 5.73 Å². The Morgan fingerprint density at radius 2 is 2.05 bits per heavy atom. The highest BCUT2D eigenvalue weighted by Gasteiger charge is 2.10. The lowest BCUT2D eigenvalue weighted by molar-refractivity contribution is 0.202. The number of hydrogen-bond donors (Lipinski definition) is 2. The molecule has 0 bridgehead atoms. The summed E-state index contributed by atoms with van der Waals surface area (Å²) in [6.45, 7) is 2.92. The van der Waals surface area contributed by atoms with Gasteiger partial charge in [0.15, 0.2) is 0 Å². The van der Waals surface area contributed by atoms with Gasteiger partial charge in [0.05, 0.1) is 24.5 Å². The zero-order chi connectivity index (χ0) is 15.1. The van der Waals surface area contributed by atoms with Gasteiger partial charge in [-0.2, -0.15) is 0 Å². The van der Waals surface area contributed by atoms with Crippen LogP contribution in [0.1, 0.15) is 43.6 Å². The lowest BCUT2D eigenvalue weighted by Crippen LogP contribution is -2.11. The minimum atomic E-state index is -0.000300. The van der Waals surface area contributed by atoms with Gasteiger partial charge in [-0.1, -0.05) is 44.0 Å². The molecule has 2 aromatic rings. The molecule has 4 heteroatoms. The quantitative estimate of drug-likeness (QED) is 0.781. The largest absolute Gasteiger partial charge is 0.384 e. The van der Waals surface area contributed by atoms with Crippen molar-refractivity contribution in [1.29, 1.82) is 0 Å². The summed E-state index contributed by atoms with van der Waals surface area (Å²) in [5, 5.41) is 0. The van der Waals surface area contributed by atoms with Crippen LogP contribution in [0, 0.1) is 0 Å². The molecule has 1 aromatic carbocycles. The van der Waals surface area contributed by atoms with Crippen molar-refractivity contribution in [2.75, 3.05) is 13.7 Å². The molecule has 0 saturated heterocycles. The van der Waals surface area contributed by atoms with Crippen LogP contribution in [0.3, 0.4) is 0 Å². The summed E-state index contributed by atoms with van der Waals surface area (Å²) in [7, 11) is 1.72. The van der Waals surface area contributed by atoms with Gasteiger partial charge >= 0.3 is 0 Å². The molecule has 0 saturated carbocycles. The Morgan fingerprint density at radius 1 is 1.29 bits per heavy atom. The molecular formula is C17H25N3O. The molecule has 1 unspecified atom stereocenters. The predicted octanol–water partition coefficient (Wildman–Crippen LogP) is 3.46. The van der Waals surface area contributed by atoms with E-state index in [2.05, 4.69) is 41.2 Å². The van der Waals surface area contributed by atoms with Crippen LogP contribution in [-0.4, -0.2) is 23.7 Å². The zero-order valence-corrected chi connectivity index (χ0v) is 12.9. The molecule has 0 amide bonds. The Balaban J connectivity index is 2.03. The molecule has 1 heterocycles. The number of unbranched alkanes of at least 4 members (excludes halogenated alkanes) is 1. The summed E-state index contributed by atoms with van der Waals surface area (Å²) in [6.07, 6.45) is 6.06. The van der Waals surface area contributed by atoms with Crippen LogP contribution in [0.4, 0.5) is 0 Å². The number of methoxy groups -OCH3 is 1. The third-order valence-electron chi connectivity index (χ3n) is 3.68. The molecular weight excluding hydrogens is 262 g/mol. The van der Waals surface area contributed by atoms with E-state index in [4.69, 9.17) is 10.5 Å². The molecule has 0 aliphatic heterocycles. The number of nitrogens with zero attached hydrogens (tertiary/aromatic N) is 1. The maximum Gasteiger partial charge on any atom is 0.123 e. The van der Waals surface area contributed by atoms with Gasteiger partial charge in [-0.15, -0.1) is 0 Å². The first-order chi connectivity index (χ1) is 10.2. The van der Waals surface area contributed by atoms with Gasteiger partial charge in [-0.05, 0) is 24.0 Å². The lowest BCUT2D eigenvalue weighted by atomic mass is 10.1. The first-order valence-electron chi connectivity index (χ1n) is 7.63. The fraction of sp³-hybridized carbons (Fsp3) is 0.471. The molecule has 4 nitrogen and oxygen atoms in total. The zero-order valence-electron chi connectivity index (χ0n) is 12.9. The minimum absolute atomic E-state index is 0.000300. The molecule has 21 heavy (non-hydrogen) atoms. The van der Waals surface area contributed by atoms with Gasteiger partial charge in [0.1, 0.15) is 5.82 Å². The number of rotatable bonds is 8. The van der Waals surface area contributed by atoms with Crippen LogP contribution < -0.4 is 5.73 Å². The average Bonchev–Trinajstić information content (AvgIpc) is 3.01. The Kier molecular flexibility index (Phi) is 5.96. The summed E-state index contributed by atoms with van der Waals surface area (Å²) in [6, 6.07) is 8.48. The Labute approximate surface area is 126 Å². The van der Waals surface area contributed by atoms with Gasteiger partial charge in [0, 0.05) is 7.11 Å². The van der Waals surface area contributed by atoms with E-state index < -0.39 is 0 Å². The third-order valence-corrected chi connectivity index (χ3v) is 3.68. The number of aromatic nitrogens is 2. The van der Waals surface area contributed by atoms with Crippen LogP contribution in [0.2, 0.25) is 0 Å². The molecule has 3 N–H and O–H groups in total. The molecule has 1 aromatic heterocycles. The number of aromatic amines is 1. The Bertz CT molecular complexity index is 533. The van der Waals surface area contributed by atoms with Crippen molar-refractivity contribution in [3.63, 3.8) is 0 Å². The number of ether oxygens (including phenoxy) is 1. The fourth-order valence-corrected chi connectivity index (χ4v) is 2.30. The van der Waals surface area contributed by atoms with E-state index in [1.807, 2.05) is 6.20 Å². The van der Waals surface area contributed by atoms with E-state index in [1.165, 1.54) is 5.56 Å². The summed E-state index contributed by atoms with van der Waals surface area (Å²) < 4.78 is 5.09. The minimum Gasteiger partial charge on any atom is -0.384 e. The maximum absolute atomic E-state index is 6.14. The third kappa shape index (κ3) is 4.41. The molecule has 114 valence electrons. The van der Waals surface area contributed by atoms with Gasteiger partial charge in [-0.3, -0.25) is 0 Å². The summed E-state index contributed by atoms with van der Waals surface area (Å²) >= 11 is 0. The van der Waals surface area contributed by atoms with E-state index in [0.29, 0.717) is 0 Å². The van der Waals surface area contributed by atoms with E-state index in [0.717, 1.165) is 49.4 Å².